The summed E-state index contributed by atoms with van der Waals surface area (Å²) in [5.74, 6) is 0. The molecule has 0 unspecified atom stereocenters. The van der Waals surface area contributed by atoms with E-state index >= 15 is 0 Å². The summed E-state index contributed by atoms with van der Waals surface area (Å²) in [5, 5.41) is 37.1. The molecule has 160 valence electrons. The van der Waals surface area contributed by atoms with Gasteiger partial charge in [-0.2, -0.15) is 0 Å². The maximum Gasteiger partial charge on any atom is 0.0834 e. The summed E-state index contributed by atoms with van der Waals surface area (Å²) in [5.41, 5.74) is 2.90. The Hall–Kier alpha value is -3.36. The molecule has 0 spiro atoms. The number of hydrogen-bond acceptors (Lipinski definition) is 6. The number of aliphatic hydroxyl groups excluding tert-OH is 2. The van der Waals surface area contributed by atoms with Gasteiger partial charge in [-0.05, 0) is 11.1 Å². The van der Waals surface area contributed by atoms with Crippen molar-refractivity contribution in [2.24, 2.45) is 5.41 Å². The molecule has 4 aromatic rings. The van der Waals surface area contributed by atoms with Crippen molar-refractivity contribution in [1.82, 2.24) is 30.0 Å². The fraction of sp³-hybridized carbons (Fsp3) is 0.304. The predicted octanol–water partition coefficient (Wildman–Crippen LogP) is 1.72. The molecule has 2 heterocycles. The summed E-state index contributed by atoms with van der Waals surface area (Å²) < 4.78 is 3.53. The highest BCUT2D eigenvalue weighted by molar-refractivity contribution is 5.16. The van der Waals surface area contributed by atoms with Crippen LogP contribution in [0.3, 0.4) is 0 Å². The van der Waals surface area contributed by atoms with Crippen molar-refractivity contribution >= 4 is 0 Å². The van der Waals surface area contributed by atoms with Gasteiger partial charge < -0.3 is 10.2 Å². The van der Waals surface area contributed by atoms with E-state index in [-0.39, 0.29) is 13.2 Å². The quantitative estimate of drug-likeness (QED) is 0.407. The molecule has 0 radical (unpaired) electrons. The Bertz CT molecular complexity index is 990. The van der Waals surface area contributed by atoms with Crippen molar-refractivity contribution in [3.05, 3.63) is 95.6 Å². The standard InChI is InChI=1S/C23H26N6O2/c30-17-23(18-31,11-21-15-28(26-24-21)13-19-7-3-1-4-8-19)12-22-16-29(27-25-22)14-20-9-5-2-6-10-20/h1-10,15-16,30-31H,11-14,17-18H2. The number of aliphatic hydroxyl groups is 2. The van der Waals surface area contributed by atoms with Crippen LogP contribution in [0.4, 0.5) is 0 Å². The molecule has 0 atom stereocenters. The third-order valence-corrected chi connectivity index (χ3v) is 5.33. The van der Waals surface area contributed by atoms with Crippen molar-refractivity contribution in [2.75, 3.05) is 13.2 Å². The number of rotatable bonds is 10. The molecule has 8 heteroatoms. The zero-order chi connectivity index (χ0) is 21.5. The Kier molecular flexibility index (Phi) is 6.49. The van der Waals surface area contributed by atoms with Crippen LogP contribution in [0.5, 0.6) is 0 Å². The first-order valence-electron chi connectivity index (χ1n) is 10.3. The van der Waals surface area contributed by atoms with Gasteiger partial charge in [0.15, 0.2) is 0 Å². The van der Waals surface area contributed by atoms with Crippen molar-refractivity contribution in [3.8, 4) is 0 Å². The Morgan fingerprint density at radius 2 is 1.06 bits per heavy atom. The first kappa shape index (κ1) is 20.9. The van der Waals surface area contributed by atoms with Gasteiger partial charge in [0, 0.05) is 30.7 Å². The van der Waals surface area contributed by atoms with Gasteiger partial charge in [-0.3, -0.25) is 0 Å². The lowest BCUT2D eigenvalue weighted by Crippen LogP contribution is -2.35. The highest BCUT2D eigenvalue weighted by Gasteiger charge is 2.32. The molecule has 0 aliphatic rings. The molecule has 2 N–H and O–H groups in total. The monoisotopic (exact) mass is 418 g/mol. The zero-order valence-corrected chi connectivity index (χ0v) is 17.2. The van der Waals surface area contributed by atoms with Crippen LogP contribution in [0.1, 0.15) is 22.5 Å². The molecule has 0 saturated heterocycles. The van der Waals surface area contributed by atoms with Crippen LogP contribution in [0.25, 0.3) is 0 Å². The summed E-state index contributed by atoms with van der Waals surface area (Å²) in [6.45, 7) is 0.848. The van der Waals surface area contributed by atoms with E-state index in [9.17, 15) is 10.2 Å². The number of benzene rings is 2. The van der Waals surface area contributed by atoms with E-state index in [1.165, 1.54) is 0 Å². The van der Waals surface area contributed by atoms with E-state index in [1.54, 1.807) is 9.36 Å². The van der Waals surface area contributed by atoms with Crippen molar-refractivity contribution in [2.45, 2.75) is 25.9 Å². The maximum absolute atomic E-state index is 10.1. The molecule has 0 amide bonds. The first-order valence-corrected chi connectivity index (χ1v) is 10.3. The number of hydrogen-bond donors (Lipinski definition) is 2. The van der Waals surface area contributed by atoms with Crippen LogP contribution < -0.4 is 0 Å². The summed E-state index contributed by atoms with van der Waals surface area (Å²) in [6.07, 6.45) is 4.50. The smallest absolute Gasteiger partial charge is 0.0834 e. The van der Waals surface area contributed by atoms with Gasteiger partial charge in [0.25, 0.3) is 0 Å². The van der Waals surface area contributed by atoms with Crippen LogP contribution >= 0.6 is 0 Å². The fourth-order valence-electron chi connectivity index (χ4n) is 3.64. The zero-order valence-electron chi connectivity index (χ0n) is 17.2. The van der Waals surface area contributed by atoms with E-state index < -0.39 is 5.41 Å². The van der Waals surface area contributed by atoms with Gasteiger partial charge in [-0.1, -0.05) is 71.1 Å². The average molecular weight is 419 g/mol. The topological polar surface area (TPSA) is 102 Å². The van der Waals surface area contributed by atoms with Crippen molar-refractivity contribution in [3.63, 3.8) is 0 Å². The third kappa shape index (κ3) is 5.42. The molecule has 4 rings (SSSR count). The molecule has 0 aliphatic heterocycles. The molecule has 2 aromatic carbocycles. The molecule has 8 nitrogen and oxygen atoms in total. The van der Waals surface area contributed by atoms with Gasteiger partial charge in [0.1, 0.15) is 0 Å². The fourth-order valence-corrected chi connectivity index (χ4v) is 3.64. The highest BCUT2D eigenvalue weighted by Crippen LogP contribution is 2.26. The SMILES string of the molecule is OCC(CO)(Cc1cn(Cc2ccccc2)nn1)Cc1cn(Cc2ccccc2)nn1. The third-order valence-electron chi connectivity index (χ3n) is 5.33. The second-order valence-electron chi connectivity index (χ2n) is 7.96. The molecular weight excluding hydrogens is 392 g/mol. The van der Waals surface area contributed by atoms with Crippen LogP contribution in [0.2, 0.25) is 0 Å². The molecule has 0 bridgehead atoms. The van der Waals surface area contributed by atoms with E-state index in [2.05, 4.69) is 20.6 Å². The first-order chi connectivity index (χ1) is 15.2. The van der Waals surface area contributed by atoms with E-state index in [0.29, 0.717) is 25.9 Å². The van der Waals surface area contributed by atoms with Crippen LogP contribution in [-0.2, 0) is 25.9 Å². The van der Waals surface area contributed by atoms with Crippen LogP contribution in [0.15, 0.2) is 73.1 Å². The Morgan fingerprint density at radius 3 is 1.45 bits per heavy atom. The Labute approximate surface area is 180 Å². The minimum absolute atomic E-state index is 0.194. The highest BCUT2D eigenvalue weighted by atomic mass is 16.3. The van der Waals surface area contributed by atoms with Gasteiger partial charge >= 0.3 is 0 Å². The maximum atomic E-state index is 10.1. The minimum Gasteiger partial charge on any atom is -0.396 e. The molecule has 0 fully saturated rings. The minimum atomic E-state index is -0.790. The molecular formula is C23H26N6O2. The second kappa shape index (κ2) is 9.63. The van der Waals surface area contributed by atoms with Gasteiger partial charge in [-0.15, -0.1) is 10.2 Å². The van der Waals surface area contributed by atoms with Crippen molar-refractivity contribution < 1.29 is 10.2 Å². The van der Waals surface area contributed by atoms with E-state index in [1.807, 2.05) is 73.1 Å². The Morgan fingerprint density at radius 1 is 0.645 bits per heavy atom. The van der Waals surface area contributed by atoms with Gasteiger partial charge in [0.2, 0.25) is 0 Å². The molecule has 0 saturated carbocycles. The summed E-state index contributed by atoms with van der Waals surface area (Å²) >= 11 is 0. The van der Waals surface area contributed by atoms with Gasteiger partial charge in [-0.25, -0.2) is 9.36 Å². The van der Waals surface area contributed by atoms with Crippen molar-refractivity contribution in [1.29, 1.82) is 0 Å². The summed E-state index contributed by atoms with van der Waals surface area (Å²) in [6, 6.07) is 20.0. The molecule has 2 aromatic heterocycles. The summed E-state index contributed by atoms with van der Waals surface area (Å²) in [4.78, 5) is 0. The number of nitrogens with zero attached hydrogens (tertiary/aromatic N) is 6. The van der Waals surface area contributed by atoms with E-state index in [0.717, 1.165) is 22.5 Å². The largest absolute Gasteiger partial charge is 0.396 e. The van der Waals surface area contributed by atoms with E-state index in [4.69, 9.17) is 0 Å². The lowest BCUT2D eigenvalue weighted by atomic mass is 9.80. The lowest BCUT2D eigenvalue weighted by Gasteiger charge is -2.27. The predicted molar refractivity (Wildman–Crippen MR) is 115 cm³/mol. The van der Waals surface area contributed by atoms with Crippen LogP contribution in [0, 0.1) is 5.41 Å². The number of aromatic nitrogens is 6. The average Bonchev–Trinajstić information content (AvgIpc) is 3.43. The molecule has 31 heavy (non-hydrogen) atoms. The Balaban J connectivity index is 1.43. The molecule has 0 aliphatic carbocycles. The van der Waals surface area contributed by atoms with Gasteiger partial charge in [0.05, 0.1) is 37.7 Å². The normalized spacial score (nSPS) is 11.7. The second-order valence-corrected chi connectivity index (χ2v) is 7.96. The summed E-state index contributed by atoms with van der Waals surface area (Å²) in [7, 11) is 0. The lowest BCUT2D eigenvalue weighted by molar-refractivity contribution is 0.0531. The van der Waals surface area contributed by atoms with Crippen LogP contribution in [-0.4, -0.2) is 53.4 Å².